The first-order valence-corrected chi connectivity index (χ1v) is 4.49. The van der Waals surface area contributed by atoms with Crippen LogP contribution in [0.25, 0.3) is 6.08 Å². The van der Waals surface area contributed by atoms with Crippen molar-refractivity contribution in [2.75, 3.05) is 7.11 Å². The monoisotopic (exact) mass is 179 g/mol. The summed E-state index contributed by atoms with van der Waals surface area (Å²) in [6.07, 6.45) is 3.96. The summed E-state index contributed by atoms with van der Waals surface area (Å²) in [6, 6.07) is 6.04. The highest BCUT2D eigenvalue weighted by molar-refractivity contribution is 7.97. The number of hydrogen-bond acceptors (Lipinski definition) is 3. The number of ether oxygens (including phenoxy) is 1. The fourth-order valence-electron chi connectivity index (χ4n) is 1.10. The van der Waals surface area contributed by atoms with Crippen LogP contribution in [0.5, 0.6) is 5.75 Å². The van der Waals surface area contributed by atoms with E-state index in [2.05, 4.69) is 10.8 Å². The van der Waals surface area contributed by atoms with Gasteiger partial charge in [-0.2, -0.15) is 0 Å². The van der Waals surface area contributed by atoms with E-state index < -0.39 is 0 Å². The number of methoxy groups -OCH3 is 1. The Kier molecular flexibility index (Phi) is 1.96. The molecule has 0 unspecified atom stereocenters. The molecule has 0 saturated carbocycles. The maximum absolute atomic E-state index is 5.12. The zero-order valence-corrected chi connectivity index (χ0v) is 7.52. The van der Waals surface area contributed by atoms with Crippen molar-refractivity contribution >= 4 is 18.0 Å². The summed E-state index contributed by atoms with van der Waals surface area (Å²) in [5.74, 6) is 0.904. The normalized spacial score (nSPS) is 13.4. The van der Waals surface area contributed by atoms with Crippen molar-refractivity contribution < 1.29 is 4.74 Å². The van der Waals surface area contributed by atoms with Crippen LogP contribution >= 0.6 is 11.9 Å². The molecule has 3 heteroatoms. The first-order valence-electron chi connectivity index (χ1n) is 3.67. The van der Waals surface area contributed by atoms with Gasteiger partial charge in [-0.15, -0.1) is 0 Å². The Morgan fingerprint density at radius 1 is 1.42 bits per heavy atom. The van der Waals surface area contributed by atoms with Gasteiger partial charge in [-0.3, -0.25) is 0 Å². The van der Waals surface area contributed by atoms with Crippen LogP contribution in [-0.4, -0.2) is 7.11 Å². The van der Waals surface area contributed by atoms with Gasteiger partial charge < -0.3 is 9.46 Å². The van der Waals surface area contributed by atoms with Crippen molar-refractivity contribution in [3.63, 3.8) is 0 Å². The molecule has 0 aliphatic carbocycles. The number of nitrogens with one attached hydrogen (secondary N) is 1. The molecule has 62 valence electrons. The first kappa shape index (κ1) is 7.55. The number of hydrogen-bond donors (Lipinski definition) is 1. The summed E-state index contributed by atoms with van der Waals surface area (Å²) >= 11 is 1.62. The molecule has 0 atom stereocenters. The molecule has 2 rings (SSSR count). The minimum absolute atomic E-state index is 0.904. The highest BCUT2D eigenvalue weighted by Crippen LogP contribution is 2.28. The first-order chi connectivity index (χ1) is 5.90. The van der Waals surface area contributed by atoms with Crippen molar-refractivity contribution in [1.82, 2.24) is 4.72 Å². The van der Waals surface area contributed by atoms with Crippen LogP contribution in [0, 0.1) is 0 Å². The standard InChI is InChI=1S/C9H9NOS/c1-11-8-2-3-9-7(6-8)4-5-10-12-9/h2-6,10H,1H3. The zero-order chi connectivity index (χ0) is 8.39. The molecule has 1 N–H and O–H groups in total. The summed E-state index contributed by atoms with van der Waals surface area (Å²) in [4.78, 5) is 1.23. The fraction of sp³-hybridized carbons (Fsp3) is 0.111. The number of fused-ring (bicyclic) bond motifs is 1. The van der Waals surface area contributed by atoms with Gasteiger partial charge >= 0.3 is 0 Å². The molecule has 0 fully saturated rings. The van der Waals surface area contributed by atoms with E-state index in [1.54, 1.807) is 19.1 Å². The molecule has 1 aliphatic rings. The molecule has 0 aromatic heterocycles. The molecule has 0 radical (unpaired) electrons. The second-order valence-corrected chi connectivity index (χ2v) is 3.34. The highest BCUT2D eigenvalue weighted by atomic mass is 32.2. The molecule has 1 aromatic rings. The minimum Gasteiger partial charge on any atom is -0.497 e. The van der Waals surface area contributed by atoms with Gasteiger partial charge in [0.05, 0.1) is 7.11 Å². The van der Waals surface area contributed by atoms with Crippen LogP contribution in [-0.2, 0) is 0 Å². The lowest BCUT2D eigenvalue weighted by molar-refractivity contribution is 0.414. The summed E-state index contributed by atoms with van der Waals surface area (Å²) < 4.78 is 8.19. The lowest BCUT2D eigenvalue weighted by Crippen LogP contribution is -1.97. The smallest absolute Gasteiger partial charge is 0.119 e. The topological polar surface area (TPSA) is 21.3 Å². The molecule has 2 nitrogen and oxygen atoms in total. The van der Waals surface area contributed by atoms with Gasteiger partial charge in [-0.1, -0.05) is 0 Å². The van der Waals surface area contributed by atoms with Crippen molar-refractivity contribution in [2.24, 2.45) is 0 Å². The fourth-order valence-corrected chi connectivity index (χ4v) is 1.74. The molecule has 0 amide bonds. The maximum Gasteiger partial charge on any atom is 0.119 e. The van der Waals surface area contributed by atoms with E-state index >= 15 is 0 Å². The van der Waals surface area contributed by atoms with Gasteiger partial charge in [-0.25, -0.2) is 0 Å². The Bertz CT molecular complexity index is 322. The lowest BCUT2D eigenvalue weighted by Gasteiger charge is -2.11. The second-order valence-electron chi connectivity index (χ2n) is 2.46. The van der Waals surface area contributed by atoms with E-state index in [0.29, 0.717) is 0 Å². The number of benzene rings is 1. The zero-order valence-electron chi connectivity index (χ0n) is 6.70. The SMILES string of the molecule is COc1ccc2c(c1)C=CNS2. The average Bonchev–Trinajstić information content (AvgIpc) is 2.17. The quantitative estimate of drug-likeness (QED) is 0.668. The van der Waals surface area contributed by atoms with Crippen molar-refractivity contribution in [3.05, 3.63) is 30.0 Å². The highest BCUT2D eigenvalue weighted by Gasteiger charge is 2.04. The van der Waals surface area contributed by atoms with E-state index in [1.807, 2.05) is 24.4 Å². The Hall–Kier alpha value is -1.09. The molecule has 1 heterocycles. The Morgan fingerprint density at radius 2 is 2.33 bits per heavy atom. The average molecular weight is 179 g/mol. The molecule has 0 saturated heterocycles. The second kappa shape index (κ2) is 3.11. The van der Waals surface area contributed by atoms with Gasteiger partial charge in [0.15, 0.2) is 0 Å². The van der Waals surface area contributed by atoms with Crippen LogP contribution in [0.15, 0.2) is 29.3 Å². The van der Waals surface area contributed by atoms with Crippen LogP contribution in [0.3, 0.4) is 0 Å². The Morgan fingerprint density at radius 3 is 3.17 bits per heavy atom. The molecule has 0 spiro atoms. The molecule has 0 bridgehead atoms. The lowest BCUT2D eigenvalue weighted by atomic mass is 10.2. The summed E-state index contributed by atoms with van der Waals surface area (Å²) in [5.41, 5.74) is 1.21. The van der Waals surface area contributed by atoms with Gasteiger partial charge in [-0.05, 0) is 41.8 Å². The van der Waals surface area contributed by atoms with Crippen molar-refractivity contribution in [3.8, 4) is 5.75 Å². The van der Waals surface area contributed by atoms with E-state index in [9.17, 15) is 0 Å². The summed E-state index contributed by atoms with van der Waals surface area (Å²) in [6.45, 7) is 0. The predicted octanol–water partition coefficient (Wildman–Crippen LogP) is 2.28. The third kappa shape index (κ3) is 1.28. The van der Waals surface area contributed by atoms with Crippen molar-refractivity contribution in [2.45, 2.75) is 4.90 Å². The summed E-state index contributed by atoms with van der Waals surface area (Å²) in [5, 5.41) is 0. The Balaban J connectivity index is 2.44. The molecule has 1 aliphatic heterocycles. The molecule has 1 aromatic carbocycles. The van der Waals surface area contributed by atoms with E-state index in [4.69, 9.17) is 4.74 Å². The molecular weight excluding hydrogens is 170 g/mol. The Labute approximate surface area is 75.8 Å². The van der Waals surface area contributed by atoms with Crippen molar-refractivity contribution in [1.29, 1.82) is 0 Å². The largest absolute Gasteiger partial charge is 0.497 e. The molecule has 12 heavy (non-hydrogen) atoms. The van der Waals surface area contributed by atoms with Crippen LogP contribution < -0.4 is 9.46 Å². The number of rotatable bonds is 1. The molecular formula is C9H9NOS. The van der Waals surface area contributed by atoms with E-state index in [0.717, 1.165) is 5.75 Å². The van der Waals surface area contributed by atoms with E-state index in [-0.39, 0.29) is 0 Å². The van der Waals surface area contributed by atoms with Crippen LogP contribution in [0.1, 0.15) is 5.56 Å². The van der Waals surface area contributed by atoms with Crippen LogP contribution in [0.2, 0.25) is 0 Å². The van der Waals surface area contributed by atoms with Gasteiger partial charge in [0.1, 0.15) is 5.75 Å². The van der Waals surface area contributed by atoms with E-state index in [1.165, 1.54) is 10.5 Å². The maximum atomic E-state index is 5.12. The van der Waals surface area contributed by atoms with Gasteiger partial charge in [0.25, 0.3) is 0 Å². The van der Waals surface area contributed by atoms with Crippen LogP contribution in [0.4, 0.5) is 0 Å². The third-order valence-corrected chi connectivity index (χ3v) is 2.56. The predicted molar refractivity (Wildman–Crippen MR) is 51.0 cm³/mol. The summed E-state index contributed by atoms with van der Waals surface area (Å²) in [7, 11) is 1.68. The van der Waals surface area contributed by atoms with Gasteiger partial charge in [0, 0.05) is 11.1 Å². The minimum atomic E-state index is 0.904. The third-order valence-electron chi connectivity index (χ3n) is 1.72. The van der Waals surface area contributed by atoms with Gasteiger partial charge in [0.2, 0.25) is 0 Å².